The van der Waals surface area contributed by atoms with Gasteiger partial charge in [-0.25, -0.2) is 0 Å². The van der Waals surface area contributed by atoms with Gasteiger partial charge in [-0.05, 0) is 57.3 Å². The van der Waals surface area contributed by atoms with Crippen LogP contribution in [0.4, 0.5) is 0 Å². The number of carboxylic acid groups (broad SMARTS) is 4. The van der Waals surface area contributed by atoms with Gasteiger partial charge in [-0.1, -0.05) is 130 Å². The van der Waals surface area contributed by atoms with Crippen molar-refractivity contribution in [2.24, 2.45) is 23.7 Å². The number of nitrogens with one attached hydrogen (secondary N) is 1. The normalized spacial score (nSPS) is 16.0. The third kappa shape index (κ3) is 33.3. The van der Waals surface area contributed by atoms with Crippen LogP contribution >= 0.6 is 0 Å². The van der Waals surface area contributed by atoms with Gasteiger partial charge in [-0.3, -0.25) is 33.6 Å². The fourth-order valence-corrected chi connectivity index (χ4v) is 8.39. The van der Waals surface area contributed by atoms with Crippen molar-refractivity contribution in [1.82, 2.24) is 5.32 Å². The lowest BCUT2D eigenvalue weighted by molar-refractivity contribution is -0.177. The van der Waals surface area contributed by atoms with Crippen LogP contribution in [-0.4, -0.2) is 114 Å². The summed E-state index contributed by atoms with van der Waals surface area (Å²) in [5, 5.41) is 72.6. The number of hydrogen-bond donors (Lipinski definition) is 8. The largest absolute Gasteiger partial charge is 0.481 e. The van der Waals surface area contributed by atoms with Gasteiger partial charge in [0.15, 0.2) is 0 Å². The van der Waals surface area contributed by atoms with Gasteiger partial charge in [0.2, 0.25) is 5.91 Å². The van der Waals surface area contributed by atoms with Crippen molar-refractivity contribution in [1.29, 1.82) is 0 Å². The minimum absolute atomic E-state index is 0.0100. The van der Waals surface area contributed by atoms with E-state index in [2.05, 4.69) is 12.2 Å². The topological polar surface area (TPSA) is 292 Å². The number of carbonyl (C=O) groups excluding carboxylic acids is 3. The van der Waals surface area contributed by atoms with Crippen molar-refractivity contribution in [3.8, 4) is 0 Å². The zero-order chi connectivity index (χ0) is 50.7. The number of hydrogen-bond acceptors (Lipinski definition) is 12. The first-order chi connectivity index (χ1) is 31.7. The number of aliphatic hydroxyl groups is 3. The molecule has 0 aromatic rings. The van der Waals surface area contributed by atoms with Crippen LogP contribution in [-0.2, 0) is 43.0 Å². The van der Waals surface area contributed by atoms with Crippen molar-refractivity contribution in [3.63, 3.8) is 0 Å². The molecule has 10 atom stereocenters. The molecule has 8 N–H and O–H groups in total. The first kappa shape index (κ1) is 63.2. The van der Waals surface area contributed by atoms with E-state index in [0.29, 0.717) is 44.9 Å². The average Bonchev–Trinajstić information content (AvgIpc) is 3.23. The first-order valence-corrected chi connectivity index (χ1v) is 25.3. The fourth-order valence-electron chi connectivity index (χ4n) is 8.39. The Morgan fingerprint density at radius 3 is 1.37 bits per heavy atom. The van der Waals surface area contributed by atoms with Crippen molar-refractivity contribution in [2.45, 2.75) is 251 Å². The van der Waals surface area contributed by atoms with Crippen LogP contribution in [0.25, 0.3) is 0 Å². The van der Waals surface area contributed by atoms with Crippen LogP contribution in [0.1, 0.15) is 214 Å². The summed E-state index contributed by atoms with van der Waals surface area (Å²) >= 11 is 0. The highest BCUT2D eigenvalue weighted by molar-refractivity contribution is 5.84. The smallest absolute Gasteiger partial charge is 0.307 e. The lowest BCUT2D eigenvalue weighted by Crippen LogP contribution is -2.42. The summed E-state index contributed by atoms with van der Waals surface area (Å²) in [6.07, 6.45) is 11.9. The maximum atomic E-state index is 13.2. The van der Waals surface area contributed by atoms with Gasteiger partial charge in [0.1, 0.15) is 12.2 Å². The second-order valence-corrected chi connectivity index (χ2v) is 19.1. The van der Waals surface area contributed by atoms with Crippen molar-refractivity contribution in [3.05, 3.63) is 0 Å². The van der Waals surface area contributed by atoms with E-state index >= 15 is 0 Å². The molecule has 0 saturated carbocycles. The Hall–Kier alpha value is -3.83. The molecule has 0 saturated heterocycles. The third-order valence-electron chi connectivity index (χ3n) is 12.5. The minimum atomic E-state index is -1.61. The zero-order valence-electron chi connectivity index (χ0n) is 41.4. The molecule has 0 aromatic heterocycles. The summed E-state index contributed by atoms with van der Waals surface area (Å²) in [5.41, 5.74) is 0. The molecular weight excluding hydrogens is 871 g/mol. The van der Waals surface area contributed by atoms with Gasteiger partial charge in [-0.2, -0.15) is 0 Å². The Morgan fingerprint density at radius 2 is 0.925 bits per heavy atom. The second-order valence-electron chi connectivity index (χ2n) is 19.1. The van der Waals surface area contributed by atoms with Crippen LogP contribution < -0.4 is 5.32 Å². The van der Waals surface area contributed by atoms with E-state index in [4.69, 9.17) is 14.6 Å². The number of aliphatic hydroxyl groups excluding tert-OH is 3. The highest BCUT2D eigenvalue weighted by Crippen LogP contribution is 2.29. The number of esters is 2. The molecule has 0 aliphatic rings. The predicted octanol–water partition coefficient (Wildman–Crippen LogP) is 8.20. The summed E-state index contributed by atoms with van der Waals surface area (Å²) in [4.78, 5) is 84.9. The predicted molar refractivity (Wildman–Crippen MR) is 252 cm³/mol. The van der Waals surface area contributed by atoms with Crippen molar-refractivity contribution < 1.29 is 78.8 Å². The van der Waals surface area contributed by atoms with Crippen LogP contribution in [0.5, 0.6) is 0 Å². The molecule has 17 heteroatoms. The summed E-state index contributed by atoms with van der Waals surface area (Å²) < 4.78 is 11.5. The Labute approximate surface area is 399 Å². The van der Waals surface area contributed by atoms with Gasteiger partial charge >= 0.3 is 35.8 Å². The lowest BCUT2D eigenvalue weighted by atomic mass is 9.87. The van der Waals surface area contributed by atoms with E-state index in [-0.39, 0.29) is 31.1 Å². The van der Waals surface area contributed by atoms with Crippen LogP contribution in [0.3, 0.4) is 0 Å². The Bertz CT molecular complexity index is 1410. The fraction of sp³-hybridized carbons (Fsp3) is 0.860. The van der Waals surface area contributed by atoms with Crippen molar-refractivity contribution >= 4 is 41.7 Å². The Balaban J connectivity index is 5.24. The molecule has 0 heterocycles. The molecule has 0 aromatic carbocycles. The average molecular weight is 960 g/mol. The van der Waals surface area contributed by atoms with E-state index in [9.17, 15) is 64.2 Å². The quantitative estimate of drug-likeness (QED) is 0.0211. The molecule has 0 unspecified atom stereocenters. The molecule has 0 rings (SSSR count). The number of aliphatic carboxylic acids is 4. The molecule has 1 amide bonds. The number of unbranched alkanes of at least 4 members (excludes halogenated alkanes) is 14. The van der Waals surface area contributed by atoms with Crippen LogP contribution in [0, 0.1) is 23.7 Å². The molecule has 67 heavy (non-hydrogen) atoms. The maximum absolute atomic E-state index is 13.2. The van der Waals surface area contributed by atoms with E-state index in [1.54, 1.807) is 20.8 Å². The number of amides is 1. The van der Waals surface area contributed by atoms with E-state index in [0.717, 1.165) is 25.7 Å². The van der Waals surface area contributed by atoms with Crippen molar-refractivity contribution in [2.75, 3.05) is 0 Å². The van der Waals surface area contributed by atoms with Gasteiger partial charge in [0.25, 0.3) is 0 Å². The molecule has 0 aliphatic heterocycles. The van der Waals surface area contributed by atoms with E-state index in [1.165, 1.54) is 64.2 Å². The number of carboxylic acids is 4. The van der Waals surface area contributed by atoms with Crippen LogP contribution in [0.2, 0.25) is 0 Å². The maximum Gasteiger partial charge on any atom is 0.307 e. The molecule has 0 fully saturated rings. The van der Waals surface area contributed by atoms with E-state index < -0.39 is 116 Å². The highest BCUT2D eigenvalue weighted by Gasteiger charge is 2.37. The minimum Gasteiger partial charge on any atom is -0.481 e. The molecule has 0 aliphatic carbocycles. The number of rotatable bonds is 44. The monoisotopic (exact) mass is 960 g/mol. The summed E-state index contributed by atoms with van der Waals surface area (Å²) in [7, 11) is 0. The summed E-state index contributed by atoms with van der Waals surface area (Å²) in [6.45, 7) is 9.37. The zero-order valence-corrected chi connectivity index (χ0v) is 41.4. The Morgan fingerprint density at radius 1 is 0.493 bits per heavy atom. The molecule has 0 bridgehead atoms. The SMILES string of the molecule is CCCCCCCCCCCCCCCC(=O)N[C@@H](C)[C@@H](O)C[C@H](O)CCCC[C@@H](O)C[C@H](C)C[C@H](OC(=O)C[C@@H](CC(=O)O)C(=O)O)[C@H](OC(=O)C[C@@H](CC(=O)O)C(=O)O)[C@H](C)CCCC. The van der Waals surface area contributed by atoms with Gasteiger partial charge in [0.05, 0.1) is 61.9 Å². The molecular formula is C50H89NO16. The Kier molecular flexibility index (Phi) is 35.9. The summed E-state index contributed by atoms with van der Waals surface area (Å²) in [5.74, 6) is -12.2. The van der Waals surface area contributed by atoms with E-state index in [1.807, 2.05) is 6.92 Å². The molecule has 0 spiro atoms. The van der Waals surface area contributed by atoms with Crippen LogP contribution in [0.15, 0.2) is 0 Å². The first-order valence-electron chi connectivity index (χ1n) is 25.3. The summed E-state index contributed by atoms with van der Waals surface area (Å²) in [6, 6.07) is -0.532. The highest BCUT2D eigenvalue weighted by atomic mass is 16.6. The number of carbonyl (C=O) groups is 7. The molecule has 0 radical (unpaired) electrons. The second kappa shape index (κ2) is 38.1. The lowest BCUT2D eigenvalue weighted by Gasteiger charge is -2.33. The van der Waals surface area contributed by atoms with Gasteiger partial charge < -0.3 is 50.5 Å². The van der Waals surface area contributed by atoms with Gasteiger partial charge in [-0.15, -0.1) is 0 Å². The molecule has 17 nitrogen and oxygen atoms in total. The third-order valence-corrected chi connectivity index (χ3v) is 12.5. The standard InChI is InChI=1S/C50H89NO16/c1-6-8-10-11-12-13-14-15-16-17-18-19-20-26-43(55)51-36(5)41(54)33-40(53)25-22-21-24-39(52)27-34(3)28-42(66-46(60)31-37(49(62)63)29-44(56)57)48(35(4)23-9-7-2)67-47(61)32-38(50(64)65)30-45(58)59/h34-42,48,52-54H,6-33H2,1-5H3,(H,51,55)(H,56,57)(H,58,59)(H,62,63)(H,64,65)/t34-,35+,36-,37+,38+,39+,40+,41-,42-,48+/m0/s1. The van der Waals surface area contributed by atoms with Gasteiger partial charge in [0, 0.05) is 12.8 Å². The number of ether oxygens (including phenoxy) is 2. The molecule has 390 valence electrons.